The van der Waals surface area contributed by atoms with Gasteiger partial charge in [0, 0.05) is 57.5 Å². The van der Waals surface area contributed by atoms with Crippen molar-refractivity contribution in [2.24, 2.45) is 0 Å². The maximum absolute atomic E-state index is 11.5. The second-order valence-corrected chi connectivity index (χ2v) is 6.54. The molecule has 142 valence electrons. The maximum atomic E-state index is 11.5. The Hall–Kier alpha value is -3.16. The first-order valence-electron chi connectivity index (χ1n) is 8.91. The van der Waals surface area contributed by atoms with Gasteiger partial charge in [0.25, 0.3) is 0 Å². The average Bonchev–Trinajstić information content (AvgIpc) is 2.61. The van der Waals surface area contributed by atoms with E-state index >= 15 is 0 Å². The largest absolute Gasteiger partial charge is 0.353 e. The summed E-state index contributed by atoms with van der Waals surface area (Å²) in [7, 11) is 0. The third-order valence-electron chi connectivity index (χ3n) is 4.33. The number of aromatic nitrogens is 2. The third-order valence-corrected chi connectivity index (χ3v) is 4.33. The normalized spacial score (nSPS) is 14.0. The van der Waals surface area contributed by atoms with Gasteiger partial charge in [-0.15, -0.1) is 0 Å². The zero-order valence-corrected chi connectivity index (χ0v) is 15.8. The number of carbonyl (C=O) groups excluding carboxylic acids is 2. The van der Waals surface area contributed by atoms with Crippen LogP contribution in [0, 0.1) is 6.92 Å². The summed E-state index contributed by atoms with van der Waals surface area (Å²) in [6, 6.07) is 9.36. The van der Waals surface area contributed by atoms with Crippen LogP contribution in [0.2, 0.25) is 0 Å². The lowest BCUT2D eigenvalue weighted by molar-refractivity contribution is -0.129. The molecule has 2 heterocycles. The van der Waals surface area contributed by atoms with Gasteiger partial charge in [0.05, 0.1) is 0 Å². The molecule has 1 fully saturated rings. The lowest BCUT2D eigenvalue weighted by Gasteiger charge is -2.35. The van der Waals surface area contributed by atoms with Crippen molar-refractivity contribution in [3.8, 4) is 0 Å². The molecular formula is C19H24N6O2. The summed E-state index contributed by atoms with van der Waals surface area (Å²) in [6.45, 7) is 7.81. The minimum absolute atomic E-state index is 0.106. The Bertz CT molecular complexity index is 846. The zero-order valence-electron chi connectivity index (χ0n) is 15.8. The van der Waals surface area contributed by atoms with Crippen molar-refractivity contribution < 1.29 is 9.59 Å². The fraction of sp³-hybridized carbons (Fsp3) is 0.368. The summed E-state index contributed by atoms with van der Waals surface area (Å²) in [6.07, 6.45) is 0. The fourth-order valence-electron chi connectivity index (χ4n) is 3.05. The van der Waals surface area contributed by atoms with Gasteiger partial charge >= 0.3 is 0 Å². The lowest BCUT2D eigenvalue weighted by Crippen LogP contribution is -2.48. The molecule has 1 aromatic carbocycles. The predicted octanol–water partition coefficient (Wildman–Crippen LogP) is 2.16. The van der Waals surface area contributed by atoms with Crippen LogP contribution in [-0.4, -0.2) is 52.9 Å². The van der Waals surface area contributed by atoms with Crippen molar-refractivity contribution in [1.29, 1.82) is 0 Å². The first kappa shape index (κ1) is 18.6. The van der Waals surface area contributed by atoms with E-state index in [2.05, 4.69) is 25.5 Å². The summed E-state index contributed by atoms with van der Waals surface area (Å²) in [5.74, 6) is 2.19. The van der Waals surface area contributed by atoms with Crippen molar-refractivity contribution in [1.82, 2.24) is 14.9 Å². The predicted molar refractivity (Wildman–Crippen MR) is 105 cm³/mol. The number of hydrogen-bond donors (Lipinski definition) is 2. The Balaban J connectivity index is 1.74. The summed E-state index contributed by atoms with van der Waals surface area (Å²) in [4.78, 5) is 35.7. The smallest absolute Gasteiger partial charge is 0.221 e. The number of aryl methyl sites for hydroxylation is 1. The Labute approximate surface area is 158 Å². The standard InChI is InChI=1S/C19H24N6O2/c1-13-20-18(23-17-6-4-5-16(11-17)22-14(2)26)12-19(21-13)25-9-7-24(8-10-25)15(3)27/h4-6,11-12H,7-10H2,1-3H3,(H,22,26)(H,20,21,23). The van der Waals surface area contributed by atoms with Crippen LogP contribution in [0.4, 0.5) is 23.0 Å². The Morgan fingerprint density at radius 3 is 2.37 bits per heavy atom. The third kappa shape index (κ3) is 4.93. The highest BCUT2D eigenvalue weighted by molar-refractivity contribution is 5.89. The summed E-state index contributed by atoms with van der Waals surface area (Å²) in [5, 5.41) is 6.04. The molecule has 0 unspecified atom stereocenters. The molecule has 3 rings (SSSR count). The quantitative estimate of drug-likeness (QED) is 0.859. The number of piperazine rings is 1. The van der Waals surface area contributed by atoms with E-state index in [1.165, 1.54) is 6.92 Å². The maximum Gasteiger partial charge on any atom is 0.221 e. The van der Waals surface area contributed by atoms with Crippen LogP contribution in [0.3, 0.4) is 0 Å². The molecule has 27 heavy (non-hydrogen) atoms. The lowest BCUT2D eigenvalue weighted by atomic mass is 10.2. The number of rotatable bonds is 4. The zero-order chi connectivity index (χ0) is 19.4. The second-order valence-electron chi connectivity index (χ2n) is 6.54. The SMILES string of the molecule is CC(=O)Nc1cccc(Nc2cc(N3CCN(C(C)=O)CC3)nc(C)n2)c1. The van der Waals surface area contributed by atoms with Crippen LogP contribution in [0.5, 0.6) is 0 Å². The monoisotopic (exact) mass is 368 g/mol. The summed E-state index contributed by atoms with van der Waals surface area (Å²) >= 11 is 0. The molecule has 1 saturated heterocycles. The molecule has 8 nitrogen and oxygen atoms in total. The van der Waals surface area contributed by atoms with Gasteiger partial charge < -0.3 is 20.4 Å². The molecule has 1 aromatic heterocycles. The van der Waals surface area contributed by atoms with Crippen LogP contribution in [0.15, 0.2) is 30.3 Å². The van der Waals surface area contributed by atoms with Gasteiger partial charge in [0.2, 0.25) is 11.8 Å². The summed E-state index contributed by atoms with van der Waals surface area (Å²) < 4.78 is 0. The van der Waals surface area contributed by atoms with Gasteiger partial charge in [0.15, 0.2) is 0 Å². The van der Waals surface area contributed by atoms with Crippen molar-refractivity contribution in [2.45, 2.75) is 20.8 Å². The van der Waals surface area contributed by atoms with E-state index in [-0.39, 0.29) is 11.8 Å². The number of nitrogens with one attached hydrogen (secondary N) is 2. The van der Waals surface area contributed by atoms with E-state index in [1.54, 1.807) is 6.92 Å². The van der Waals surface area contributed by atoms with Gasteiger partial charge in [-0.3, -0.25) is 9.59 Å². The van der Waals surface area contributed by atoms with Gasteiger partial charge in [-0.1, -0.05) is 6.07 Å². The molecule has 0 radical (unpaired) electrons. The number of carbonyl (C=O) groups is 2. The topological polar surface area (TPSA) is 90.5 Å². The first-order chi connectivity index (χ1) is 12.9. The molecule has 0 spiro atoms. The molecule has 2 N–H and O–H groups in total. The Morgan fingerprint density at radius 2 is 1.70 bits per heavy atom. The van der Waals surface area contributed by atoms with E-state index < -0.39 is 0 Å². The summed E-state index contributed by atoms with van der Waals surface area (Å²) in [5.41, 5.74) is 1.55. The molecule has 1 aliphatic rings. The number of nitrogens with zero attached hydrogens (tertiary/aromatic N) is 4. The number of anilines is 4. The highest BCUT2D eigenvalue weighted by Crippen LogP contribution is 2.23. The number of benzene rings is 1. The van der Waals surface area contributed by atoms with E-state index in [9.17, 15) is 9.59 Å². The molecule has 2 amide bonds. The molecule has 0 bridgehead atoms. The minimum atomic E-state index is -0.114. The molecule has 0 aliphatic carbocycles. The molecular weight excluding hydrogens is 344 g/mol. The fourth-order valence-corrected chi connectivity index (χ4v) is 3.05. The Kier molecular flexibility index (Phi) is 5.54. The van der Waals surface area contributed by atoms with Gasteiger partial charge in [-0.05, 0) is 25.1 Å². The first-order valence-corrected chi connectivity index (χ1v) is 8.91. The molecule has 0 atom stereocenters. The second kappa shape index (κ2) is 8.03. The van der Waals surface area contributed by atoms with Crippen molar-refractivity contribution >= 4 is 34.8 Å². The van der Waals surface area contributed by atoms with Gasteiger partial charge in [-0.25, -0.2) is 9.97 Å². The molecule has 8 heteroatoms. The van der Waals surface area contributed by atoms with Crippen LogP contribution >= 0.6 is 0 Å². The molecule has 0 saturated carbocycles. The van der Waals surface area contributed by atoms with Crippen LogP contribution in [-0.2, 0) is 9.59 Å². The van der Waals surface area contributed by atoms with E-state index in [1.807, 2.05) is 42.2 Å². The van der Waals surface area contributed by atoms with E-state index in [4.69, 9.17) is 0 Å². The Morgan fingerprint density at radius 1 is 1.00 bits per heavy atom. The molecule has 2 aromatic rings. The van der Waals surface area contributed by atoms with Gasteiger partial charge in [0.1, 0.15) is 17.5 Å². The number of amides is 2. The van der Waals surface area contributed by atoms with Crippen molar-refractivity contribution in [3.05, 3.63) is 36.2 Å². The molecule has 1 aliphatic heterocycles. The van der Waals surface area contributed by atoms with Gasteiger partial charge in [-0.2, -0.15) is 0 Å². The van der Waals surface area contributed by atoms with E-state index in [0.29, 0.717) is 24.7 Å². The van der Waals surface area contributed by atoms with Crippen molar-refractivity contribution in [2.75, 3.05) is 41.7 Å². The number of hydrogen-bond acceptors (Lipinski definition) is 6. The highest BCUT2D eigenvalue weighted by atomic mass is 16.2. The van der Waals surface area contributed by atoms with E-state index in [0.717, 1.165) is 30.3 Å². The van der Waals surface area contributed by atoms with Crippen LogP contribution in [0.1, 0.15) is 19.7 Å². The average molecular weight is 368 g/mol. The van der Waals surface area contributed by atoms with Crippen LogP contribution in [0.25, 0.3) is 0 Å². The minimum Gasteiger partial charge on any atom is -0.353 e. The highest BCUT2D eigenvalue weighted by Gasteiger charge is 2.20. The van der Waals surface area contributed by atoms with Crippen molar-refractivity contribution in [3.63, 3.8) is 0 Å². The van der Waals surface area contributed by atoms with Crippen LogP contribution < -0.4 is 15.5 Å².